The Balaban J connectivity index is 0.000000202. The zero-order chi connectivity index (χ0) is 51.6. The van der Waals surface area contributed by atoms with Crippen LogP contribution in [0.4, 0.5) is 38.0 Å². The minimum absolute atomic E-state index is 0.106. The number of carbonyl (C=O) groups is 4. The second-order valence-electron chi connectivity index (χ2n) is 16.3. The van der Waals surface area contributed by atoms with Crippen molar-refractivity contribution in [1.82, 2.24) is 30.2 Å². The number of halogens is 8. The fourth-order valence-corrected chi connectivity index (χ4v) is 7.13. The Morgan fingerprint density at radius 3 is 1.55 bits per heavy atom. The predicted molar refractivity (Wildman–Crippen MR) is 252 cm³/mol. The lowest BCUT2D eigenvalue weighted by atomic mass is 10.1. The fraction of sp³-hybridized carbons (Fsp3) is 0.292. The number of nitrogens with zero attached hydrogens (tertiary/aromatic N) is 4. The molecule has 4 aromatic carbocycles. The molecule has 4 atom stereocenters. The van der Waals surface area contributed by atoms with Gasteiger partial charge in [0.25, 0.3) is 0 Å². The maximum atomic E-state index is 12.8. The van der Waals surface area contributed by atoms with Crippen molar-refractivity contribution in [3.05, 3.63) is 130 Å². The van der Waals surface area contributed by atoms with Gasteiger partial charge in [0.1, 0.15) is 5.82 Å². The molecule has 0 radical (unpaired) electrons. The van der Waals surface area contributed by atoms with Crippen LogP contribution < -0.4 is 21.7 Å². The third kappa shape index (κ3) is 15.0. The molecule has 0 bridgehead atoms. The molecule has 2 aromatic heterocycles. The van der Waals surface area contributed by atoms with Gasteiger partial charge in [-0.25, -0.2) is 9.36 Å². The molecule has 3 amide bonds. The van der Waals surface area contributed by atoms with Gasteiger partial charge in [-0.05, 0) is 85.6 Å². The molecule has 0 saturated carbocycles. The van der Waals surface area contributed by atoms with E-state index in [1.807, 2.05) is 6.07 Å². The maximum absolute atomic E-state index is 12.8. The number of benzene rings is 4. The number of aliphatic carboxylic acids is 1. The number of alkyl halides is 6. The Kier molecular flexibility index (Phi) is 17.5. The van der Waals surface area contributed by atoms with E-state index in [1.165, 1.54) is 0 Å². The summed E-state index contributed by atoms with van der Waals surface area (Å²) in [6.45, 7) is 2.11. The van der Waals surface area contributed by atoms with Crippen molar-refractivity contribution in [2.75, 3.05) is 24.1 Å². The summed E-state index contributed by atoms with van der Waals surface area (Å²) < 4.78 is 89.4. The van der Waals surface area contributed by atoms with Crippen molar-refractivity contribution in [1.29, 1.82) is 0 Å². The van der Waals surface area contributed by atoms with E-state index in [1.54, 1.807) is 112 Å². The van der Waals surface area contributed by atoms with E-state index in [0.717, 1.165) is 25.1 Å². The number of carboxylic acid groups (broad SMARTS) is 1. The minimum atomic E-state index is -4.45. The molecular weight excluding hydrogens is 985 g/mol. The molecule has 71 heavy (non-hydrogen) atoms. The quantitative estimate of drug-likeness (QED) is 0.0694. The Morgan fingerprint density at radius 2 is 1.14 bits per heavy atom. The molecular formula is C48H46Cl2F6N8O7. The van der Waals surface area contributed by atoms with Crippen LogP contribution >= 0.6 is 23.2 Å². The topological polar surface area (TPSA) is 205 Å². The number of nitrogens with two attached hydrogens (primary N) is 1. The van der Waals surface area contributed by atoms with E-state index < -0.39 is 42.4 Å². The van der Waals surface area contributed by atoms with Gasteiger partial charge < -0.3 is 36.3 Å². The van der Waals surface area contributed by atoms with E-state index in [9.17, 15) is 45.5 Å². The summed E-state index contributed by atoms with van der Waals surface area (Å²) in [6.07, 6.45) is -12.3. The van der Waals surface area contributed by atoms with Gasteiger partial charge >= 0.3 is 18.3 Å². The lowest BCUT2D eigenvalue weighted by Crippen LogP contribution is -2.28. The number of hydrogen-bond donors (Lipinski definition) is 5. The second kappa shape index (κ2) is 23.3. The molecule has 6 N–H and O–H groups in total. The summed E-state index contributed by atoms with van der Waals surface area (Å²) in [5, 5.41) is 26.1. The van der Waals surface area contributed by atoms with Crippen LogP contribution in [-0.2, 0) is 41.9 Å². The monoisotopic (exact) mass is 1030 g/mol. The number of hydrogen-bond acceptors (Lipinski definition) is 9. The van der Waals surface area contributed by atoms with Crippen molar-refractivity contribution in [2.24, 2.45) is 11.8 Å². The number of aromatic nitrogens is 4. The average molecular weight is 1030 g/mol. The van der Waals surface area contributed by atoms with E-state index >= 15 is 0 Å². The first-order valence-corrected chi connectivity index (χ1v) is 22.4. The van der Waals surface area contributed by atoms with E-state index in [0.29, 0.717) is 49.6 Å². The average Bonchev–Trinajstić information content (AvgIpc) is 4.15. The summed E-state index contributed by atoms with van der Waals surface area (Å²) in [4.78, 5) is 44.6. The van der Waals surface area contributed by atoms with Gasteiger partial charge in [-0.1, -0.05) is 59.6 Å². The Bertz CT molecular complexity index is 2820. The van der Waals surface area contributed by atoms with Crippen molar-refractivity contribution in [2.45, 2.75) is 64.5 Å². The van der Waals surface area contributed by atoms with Crippen molar-refractivity contribution >= 4 is 58.5 Å². The molecule has 8 rings (SSSR count). The van der Waals surface area contributed by atoms with Gasteiger partial charge in [0.05, 0.1) is 47.8 Å². The van der Waals surface area contributed by atoms with Gasteiger partial charge in [-0.3, -0.25) is 19.2 Å². The number of amides is 3. The number of nitrogens with one attached hydrogen (secondary N) is 3. The number of rotatable bonds is 13. The van der Waals surface area contributed by atoms with Crippen molar-refractivity contribution in [3.8, 4) is 33.9 Å². The molecule has 0 unspecified atom stereocenters. The number of ether oxygens (including phenoxy) is 2. The molecule has 6 aromatic rings. The molecule has 0 spiro atoms. The summed E-state index contributed by atoms with van der Waals surface area (Å²) in [7, 11) is 0. The first kappa shape index (κ1) is 53.4. The molecule has 15 nitrogen and oxygen atoms in total. The van der Waals surface area contributed by atoms with Gasteiger partial charge in [-0.15, -0.1) is 5.10 Å². The molecule has 2 aliphatic rings. The van der Waals surface area contributed by atoms with E-state index in [4.69, 9.17) is 43.5 Å². The number of carboxylic acids is 1. The molecule has 2 aliphatic heterocycles. The standard InChI is InChI=1S/C24H22ClF3N4O3.C19H17ClF3N3O.C5H7NO3/c1-14(24(26,27)28)35-13-15-3-2-4-16(9-15)20-11-21(30-23(34)17-10-22(33)29-12-17)31-32(20)19-7-5-18(25)6-8-19;1-12(19(21,22)23)27-11-13-3-2-4-14(9-13)17-10-18(24)25-26(17)16-7-5-15(20)6-8-16;7-4-1-3(2-6-4)5(8)9/h2-9,11,14,17H,10,12-13H2,1H3,(H,29,33)(H,30,31,34);2-10,12H,11H2,1H3,(H2,24,25);3H,1-2H2,(H,6,7)(H,8,9)/t14-,17+;12-;3-/m110/s1. The Morgan fingerprint density at radius 1 is 0.704 bits per heavy atom. The zero-order valence-corrected chi connectivity index (χ0v) is 39.2. The SMILES string of the molecule is C[C@@H](OCc1cccc(-c2cc(N)nn2-c2ccc(Cl)cc2)c1)C(F)(F)F.C[C@@H](OCc1cccc(-c2cc(NC(=O)[C@@H]3CNC(=O)C3)nn2-c2ccc(Cl)cc2)c1)C(F)(F)F.O=C1C[C@H](C(=O)O)CN1. The zero-order valence-electron chi connectivity index (χ0n) is 37.7. The Hall–Kier alpha value is -6.94. The molecule has 4 heterocycles. The number of nitrogen functional groups attached to an aromatic ring is 1. The summed E-state index contributed by atoms with van der Waals surface area (Å²) in [6, 6.07) is 31.2. The molecule has 2 saturated heterocycles. The predicted octanol–water partition coefficient (Wildman–Crippen LogP) is 9.18. The van der Waals surface area contributed by atoms with E-state index in [-0.39, 0.29) is 62.7 Å². The van der Waals surface area contributed by atoms with Crippen LogP contribution in [0.3, 0.4) is 0 Å². The van der Waals surface area contributed by atoms with Crippen LogP contribution in [0.1, 0.15) is 37.8 Å². The largest absolute Gasteiger partial charge is 0.481 e. The van der Waals surface area contributed by atoms with Crippen LogP contribution in [0, 0.1) is 11.8 Å². The lowest BCUT2D eigenvalue weighted by Gasteiger charge is -2.16. The summed E-state index contributed by atoms with van der Waals surface area (Å²) in [5.41, 5.74) is 11.2. The highest BCUT2D eigenvalue weighted by atomic mass is 35.5. The van der Waals surface area contributed by atoms with Crippen LogP contribution in [-0.4, -0.2) is 86.0 Å². The van der Waals surface area contributed by atoms with Gasteiger partial charge in [-0.2, -0.15) is 31.4 Å². The van der Waals surface area contributed by atoms with Gasteiger partial charge in [0.2, 0.25) is 17.7 Å². The van der Waals surface area contributed by atoms with Crippen molar-refractivity contribution in [3.63, 3.8) is 0 Å². The number of carbonyl (C=O) groups excluding carboxylic acids is 3. The molecule has 2 fully saturated rings. The number of anilines is 2. The van der Waals surface area contributed by atoms with Crippen LogP contribution in [0.2, 0.25) is 10.0 Å². The molecule has 23 heteroatoms. The van der Waals surface area contributed by atoms with E-state index in [2.05, 4.69) is 26.1 Å². The Labute approximate surface area is 412 Å². The van der Waals surface area contributed by atoms with Gasteiger partial charge in [0.15, 0.2) is 18.0 Å². The highest BCUT2D eigenvalue weighted by molar-refractivity contribution is 6.30. The highest BCUT2D eigenvalue weighted by Gasteiger charge is 2.38. The normalized spacial score (nSPS) is 16.4. The van der Waals surface area contributed by atoms with Crippen LogP contribution in [0.25, 0.3) is 33.9 Å². The summed E-state index contributed by atoms with van der Waals surface area (Å²) >= 11 is 11.9. The highest BCUT2D eigenvalue weighted by Crippen LogP contribution is 2.31. The summed E-state index contributed by atoms with van der Waals surface area (Å²) in [5.74, 6) is -1.98. The van der Waals surface area contributed by atoms with Gasteiger partial charge in [0, 0.05) is 59.2 Å². The first-order chi connectivity index (χ1) is 33.5. The smallest absolute Gasteiger partial charge is 0.414 e. The fourth-order valence-electron chi connectivity index (χ4n) is 6.88. The first-order valence-electron chi connectivity index (χ1n) is 21.6. The molecule has 376 valence electrons. The minimum Gasteiger partial charge on any atom is -0.481 e. The van der Waals surface area contributed by atoms with Crippen molar-refractivity contribution < 1.29 is 60.1 Å². The lowest BCUT2D eigenvalue weighted by molar-refractivity contribution is -0.217. The second-order valence-corrected chi connectivity index (χ2v) is 17.1. The van der Waals surface area contributed by atoms with Crippen LogP contribution in [0.15, 0.2) is 109 Å². The van der Waals surface area contributed by atoms with Crippen LogP contribution in [0.5, 0.6) is 0 Å². The maximum Gasteiger partial charge on any atom is 0.414 e. The molecule has 0 aliphatic carbocycles. The third-order valence-corrected chi connectivity index (χ3v) is 11.4. The third-order valence-electron chi connectivity index (χ3n) is 10.9.